The largest absolute Gasteiger partial charge is 0.496 e. The van der Waals surface area contributed by atoms with Gasteiger partial charge in [-0.25, -0.2) is 13.1 Å². The molecule has 0 fully saturated rings. The van der Waals surface area contributed by atoms with Gasteiger partial charge in [-0.05, 0) is 36.2 Å². The van der Waals surface area contributed by atoms with Crippen molar-refractivity contribution >= 4 is 40.0 Å². The van der Waals surface area contributed by atoms with Crippen molar-refractivity contribution in [1.29, 1.82) is 0 Å². The molecule has 0 heterocycles. The van der Waals surface area contributed by atoms with Crippen LogP contribution in [0.2, 0.25) is 0 Å². The van der Waals surface area contributed by atoms with Crippen LogP contribution >= 0.6 is 24.0 Å². The van der Waals surface area contributed by atoms with Gasteiger partial charge in [0.15, 0.2) is 5.96 Å². The van der Waals surface area contributed by atoms with Crippen molar-refractivity contribution in [3.63, 3.8) is 0 Å². The molecule has 0 saturated carbocycles. The van der Waals surface area contributed by atoms with E-state index in [-0.39, 0.29) is 35.4 Å². The second-order valence-corrected chi connectivity index (χ2v) is 8.40. The molecule has 0 unspecified atom stereocenters. The van der Waals surface area contributed by atoms with Crippen LogP contribution in [0.1, 0.15) is 16.7 Å². The number of nitrogens with one attached hydrogen (secondary N) is 3. The summed E-state index contributed by atoms with van der Waals surface area (Å²) < 4.78 is 37.6. The third-order valence-corrected chi connectivity index (χ3v) is 5.84. The molecule has 0 saturated heterocycles. The Hall–Kier alpha value is -1.89. The van der Waals surface area contributed by atoms with Crippen molar-refractivity contribution in [1.82, 2.24) is 15.4 Å². The van der Waals surface area contributed by atoms with Crippen LogP contribution in [0.15, 0.2) is 52.4 Å². The topological polar surface area (TPSA) is 101 Å². The van der Waals surface area contributed by atoms with Gasteiger partial charge in [0.05, 0.1) is 18.6 Å². The number of rotatable bonds is 10. The Morgan fingerprint density at radius 1 is 1.06 bits per heavy atom. The Morgan fingerprint density at radius 2 is 1.81 bits per heavy atom. The first kappa shape index (κ1) is 27.1. The van der Waals surface area contributed by atoms with Crippen LogP contribution in [0.5, 0.6) is 5.75 Å². The Kier molecular flexibility index (Phi) is 11.8. The van der Waals surface area contributed by atoms with Gasteiger partial charge in [0.2, 0.25) is 10.0 Å². The lowest BCUT2D eigenvalue weighted by atomic mass is 10.1. The van der Waals surface area contributed by atoms with Gasteiger partial charge >= 0.3 is 0 Å². The standard InChI is InChI=1S/C21H30N4O4S.HI/c1-16-8-9-18(20(12-16)29-4)15-24-21(22-2)23-14-17-6-5-7-19(13-17)30(26,27)25-10-11-28-3;/h5-9,12-13,25H,10-11,14-15H2,1-4H3,(H2,22,23,24);1H. The summed E-state index contributed by atoms with van der Waals surface area (Å²) in [7, 11) is 1.28. The molecule has 0 radical (unpaired) electrons. The number of hydrogen-bond donors (Lipinski definition) is 3. The summed E-state index contributed by atoms with van der Waals surface area (Å²) in [6.45, 7) is 3.52. The van der Waals surface area contributed by atoms with Gasteiger partial charge in [-0.2, -0.15) is 0 Å². The van der Waals surface area contributed by atoms with Crippen LogP contribution in [0.3, 0.4) is 0 Å². The van der Waals surface area contributed by atoms with E-state index in [1.165, 1.54) is 7.11 Å². The van der Waals surface area contributed by atoms with Crippen LogP contribution in [-0.4, -0.2) is 48.8 Å². The van der Waals surface area contributed by atoms with Gasteiger partial charge < -0.3 is 20.1 Å². The van der Waals surface area contributed by atoms with E-state index in [2.05, 4.69) is 20.3 Å². The lowest BCUT2D eigenvalue weighted by Crippen LogP contribution is -2.36. The van der Waals surface area contributed by atoms with E-state index in [0.717, 1.165) is 22.4 Å². The van der Waals surface area contributed by atoms with Gasteiger partial charge in [-0.15, -0.1) is 24.0 Å². The maximum Gasteiger partial charge on any atom is 0.240 e. The summed E-state index contributed by atoms with van der Waals surface area (Å²) in [5.74, 6) is 1.42. The summed E-state index contributed by atoms with van der Waals surface area (Å²) in [6, 6.07) is 12.8. The zero-order chi connectivity index (χ0) is 22.0. The average molecular weight is 562 g/mol. The van der Waals surface area contributed by atoms with Gasteiger partial charge in [0.1, 0.15) is 5.75 Å². The van der Waals surface area contributed by atoms with Crippen molar-refractivity contribution in [2.24, 2.45) is 4.99 Å². The van der Waals surface area contributed by atoms with E-state index in [1.54, 1.807) is 32.4 Å². The van der Waals surface area contributed by atoms with E-state index in [1.807, 2.05) is 31.2 Å². The summed E-state index contributed by atoms with van der Waals surface area (Å²) in [5, 5.41) is 6.44. The monoisotopic (exact) mass is 562 g/mol. The maximum absolute atomic E-state index is 12.4. The Bertz CT molecular complexity index is 968. The molecule has 0 aromatic heterocycles. The van der Waals surface area contributed by atoms with Crippen LogP contribution in [0, 0.1) is 6.92 Å². The maximum atomic E-state index is 12.4. The number of halogens is 1. The van der Waals surface area contributed by atoms with Gasteiger partial charge in [0.25, 0.3) is 0 Å². The highest BCUT2D eigenvalue weighted by Crippen LogP contribution is 2.19. The van der Waals surface area contributed by atoms with Crippen LogP contribution in [-0.2, 0) is 27.8 Å². The first-order chi connectivity index (χ1) is 14.4. The van der Waals surface area contributed by atoms with Crippen molar-refractivity contribution < 1.29 is 17.9 Å². The fourth-order valence-electron chi connectivity index (χ4n) is 2.77. The van der Waals surface area contributed by atoms with Gasteiger partial charge in [0, 0.05) is 39.4 Å². The number of ether oxygens (including phenoxy) is 2. The average Bonchev–Trinajstić information content (AvgIpc) is 2.74. The van der Waals surface area contributed by atoms with Crippen LogP contribution < -0.4 is 20.1 Å². The zero-order valence-corrected chi connectivity index (χ0v) is 21.4. The Labute approximate surface area is 201 Å². The molecular weight excluding hydrogens is 531 g/mol. The smallest absolute Gasteiger partial charge is 0.240 e. The van der Waals surface area contributed by atoms with Gasteiger partial charge in [-0.3, -0.25) is 4.99 Å². The van der Waals surface area contributed by atoms with E-state index in [4.69, 9.17) is 9.47 Å². The van der Waals surface area contributed by atoms with Crippen molar-refractivity contribution in [2.45, 2.75) is 24.9 Å². The number of sulfonamides is 1. The predicted octanol–water partition coefficient (Wildman–Crippen LogP) is 2.41. The lowest BCUT2D eigenvalue weighted by Gasteiger charge is -2.14. The quantitative estimate of drug-likeness (QED) is 0.178. The number of methoxy groups -OCH3 is 2. The fourth-order valence-corrected chi connectivity index (χ4v) is 3.85. The highest BCUT2D eigenvalue weighted by molar-refractivity contribution is 14.0. The highest BCUT2D eigenvalue weighted by atomic mass is 127. The number of aliphatic imine (C=N–C) groups is 1. The van der Waals surface area contributed by atoms with E-state index >= 15 is 0 Å². The third-order valence-electron chi connectivity index (χ3n) is 4.38. The molecule has 0 bridgehead atoms. The SMILES string of the molecule is CN=C(NCc1cccc(S(=O)(=O)NCCOC)c1)NCc1ccc(C)cc1OC.I. The molecule has 10 heteroatoms. The minimum absolute atomic E-state index is 0. The van der Waals surface area contributed by atoms with Crippen molar-refractivity contribution in [2.75, 3.05) is 34.4 Å². The van der Waals surface area contributed by atoms with E-state index in [9.17, 15) is 8.42 Å². The van der Waals surface area contributed by atoms with Crippen LogP contribution in [0.4, 0.5) is 0 Å². The fraction of sp³-hybridized carbons (Fsp3) is 0.381. The van der Waals surface area contributed by atoms with Crippen LogP contribution in [0.25, 0.3) is 0 Å². The molecule has 0 aliphatic heterocycles. The molecule has 31 heavy (non-hydrogen) atoms. The van der Waals surface area contributed by atoms with E-state index < -0.39 is 10.0 Å². The highest BCUT2D eigenvalue weighted by Gasteiger charge is 2.13. The number of aryl methyl sites for hydroxylation is 1. The minimum atomic E-state index is -3.57. The molecule has 3 N–H and O–H groups in total. The summed E-state index contributed by atoms with van der Waals surface area (Å²) in [4.78, 5) is 4.43. The summed E-state index contributed by atoms with van der Waals surface area (Å²) in [6.07, 6.45) is 0. The molecule has 8 nitrogen and oxygen atoms in total. The molecule has 172 valence electrons. The first-order valence-electron chi connectivity index (χ1n) is 9.55. The zero-order valence-electron chi connectivity index (χ0n) is 18.3. The second kappa shape index (κ2) is 13.5. The minimum Gasteiger partial charge on any atom is -0.496 e. The summed E-state index contributed by atoms with van der Waals surface area (Å²) >= 11 is 0. The normalized spacial score (nSPS) is 11.5. The Morgan fingerprint density at radius 3 is 2.48 bits per heavy atom. The van der Waals surface area contributed by atoms with Crippen molar-refractivity contribution in [3.8, 4) is 5.75 Å². The molecule has 2 aromatic carbocycles. The molecule has 2 rings (SSSR count). The molecule has 2 aromatic rings. The molecule has 0 spiro atoms. The number of guanidine groups is 1. The van der Waals surface area contributed by atoms with E-state index in [0.29, 0.717) is 25.7 Å². The number of benzene rings is 2. The lowest BCUT2D eigenvalue weighted by molar-refractivity contribution is 0.204. The number of nitrogens with zero attached hydrogens (tertiary/aromatic N) is 1. The predicted molar refractivity (Wildman–Crippen MR) is 134 cm³/mol. The molecular formula is C21H31IN4O4S. The second-order valence-electron chi connectivity index (χ2n) is 6.63. The van der Waals surface area contributed by atoms with Crippen molar-refractivity contribution in [3.05, 3.63) is 59.2 Å². The Balaban J connectivity index is 0.00000480. The molecule has 0 aliphatic rings. The first-order valence-corrected chi connectivity index (χ1v) is 11.0. The molecule has 0 atom stereocenters. The molecule has 0 aliphatic carbocycles. The number of hydrogen-bond acceptors (Lipinski definition) is 5. The van der Waals surface area contributed by atoms with Gasteiger partial charge in [-0.1, -0.05) is 24.3 Å². The summed E-state index contributed by atoms with van der Waals surface area (Å²) in [5.41, 5.74) is 2.96. The third kappa shape index (κ3) is 8.63. The molecule has 0 amide bonds.